The summed E-state index contributed by atoms with van der Waals surface area (Å²) >= 11 is 0. The fraction of sp³-hybridized carbons (Fsp3) is 0.625. The van der Waals surface area contributed by atoms with Crippen LogP contribution in [0.25, 0.3) is 0 Å². The Labute approximate surface area is 117 Å². The molecule has 0 aliphatic heterocycles. The van der Waals surface area contributed by atoms with Crippen molar-refractivity contribution in [2.75, 3.05) is 20.1 Å². The van der Waals surface area contributed by atoms with E-state index in [0.717, 1.165) is 18.5 Å². The lowest BCUT2D eigenvalue weighted by Gasteiger charge is -2.30. The van der Waals surface area contributed by atoms with Crippen molar-refractivity contribution in [1.29, 1.82) is 0 Å². The number of hydrogen-bond acceptors (Lipinski definition) is 3. The standard InChI is InChI=1S/C16H28N2O/c1-13(2)15(17)10-11-18(4)12-16(3,19)14-8-6-5-7-9-14/h5-9,13,15,19H,10-12,17H2,1-4H3. The lowest BCUT2D eigenvalue weighted by molar-refractivity contribution is 0.0225. The molecule has 0 bridgehead atoms. The third kappa shape index (κ3) is 5.31. The van der Waals surface area contributed by atoms with Crippen LogP contribution in [0.4, 0.5) is 0 Å². The molecule has 0 aromatic heterocycles. The maximum absolute atomic E-state index is 10.6. The van der Waals surface area contributed by atoms with Crippen LogP contribution in [-0.2, 0) is 5.60 Å². The van der Waals surface area contributed by atoms with Crippen molar-refractivity contribution < 1.29 is 5.11 Å². The molecular weight excluding hydrogens is 236 g/mol. The molecule has 3 nitrogen and oxygen atoms in total. The quantitative estimate of drug-likeness (QED) is 0.794. The summed E-state index contributed by atoms with van der Waals surface area (Å²) in [7, 11) is 2.03. The minimum atomic E-state index is -0.821. The van der Waals surface area contributed by atoms with Gasteiger partial charge >= 0.3 is 0 Å². The van der Waals surface area contributed by atoms with Crippen molar-refractivity contribution in [1.82, 2.24) is 4.90 Å². The summed E-state index contributed by atoms with van der Waals surface area (Å²) in [6.45, 7) is 7.67. The van der Waals surface area contributed by atoms with Gasteiger partial charge < -0.3 is 15.7 Å². The molecule has 1 rings (SSSR count). The van der Waals surface area contributed by atoms with Gasteiger partial charge in [0.2, 0.25) is 0 Å². The average molecular weight is 264 g/mol. The van der Waals surface area contributed by atoms with Crippen molar-refractivity contribution in [2.24, 2.45) is 11.7 Å². The van der Waals surface area contributed by atoms with Gasteiger partial charge in [-0.2, -0.15) is 0 Å². The minimum Gasteiger partial charge on any atom is -0.384 e. The highest BCUT2D eigenvalue weighted by atomic mass is 16.3. The van der Waals surface area contributed by atoms with Crippen LogP contribution < -0.4 is 5.73 Å². The van der Waals surface area contributed by atoms with Crippen LogP contribution in [0.15, 0.2) is 30.3 Å². The van der Waals surface area contributed by atoms with Gasteiger partial charge in [-0.3, -0.25) is 0 Å². The second kappa shape index (κ2) is 7.04. The lowest BCUT2D eigenvalue weighted by Crippen LogP contribution is -2.39. The Bertz CT molecular complexity index is 362. The first-order valence-electron chi connectivity index (χ1n) is 7.05. The SMILES string of the molecule is CC(C)C(N)CCN(C)CC(C)(O)c1ccccc1. The van der Waals surface area contributed by atoms with E-state index in [4.69, 9.17) is 5.73 Å². The van der Waals surface area contributed by atoms with Crippen molar-refractivity contribution in [3.63, 3.8) is 0 Å². The van der Waals surface area contributed by atoms with E-state index in [1.165, 1.54) is 0 Å². The Kier molecular flexibility index (Phi) is 5.98. The van der Waals surface area contributed by atoms with Gasteiger partial charge in [-0.15, -0.1) is 0 Å². The van der Waals surface area contributed by atoms with E-state index in [1.807, 2.05) is 44.3 Å². The highest BCUT2D eigenvalue weighted by molar-refractivity contribution is 5.21. The van der Waals surface area contributed by atoms with Crippen LogP contribution in [0.3, 0.4) is 0 Å². The fourth-order valence-electron chi connectivity index (χ4n) is 2.20. The zero-order valence-corrected chi connectivity index (χ0v) is 12.6. The van der Waals surface area contributed by atoms with E-state index >= 15 is 0 Å². The number of benzene rings is 1. The number of likely N-dealkylation sites (N-methyl/N-ethyl adjacent to an activating group) is 1. The number of aliphatic hydroxyl groups is 1. The molecule has 0 amide bonds. The number of nitrogens with zero attached hydrogens (tertiary/aromatic N) is 1. The lowest BCUT2D eigenvalue weighted by atomic mass is 9.95. The van der Waals surface area contributed by atoms with Crippen molar-refractivity contribution in [3.8, 4) is 0 Å². The highest BCUT2D eigenvalue weighted by Gasteiger charge is 2.24. The van der Waals surface area contributed by atoms with E-state index < -0.39 is 5.60 Å². The number of hydrogen-bond donors (Lipinski definition) is 2. The second-order valence-electron chi connectivity index (χ2n) is 6.07. The summed E-state index contributed by atoms with van der Waals surface area (Å²) in [6.07, 6.45) is 0.957. The van der Waals surface area contributed by atoms with Crippen LogP contribution in [-0.4, -0.2) is 36.2 Å². The third-order valence-corrected chi connectivity index (χ3v) is 3.67. The normalized spacial score (nSPS) is 16.6. The smallest absolute Gasteiger partial charge is 0.0994 e. The maximum atomic E-state index is 10.6. The molecule has 3 N–H and O–H groups in total. The summed E-state index contributed by atoms with van der Waals surface area (Å²) in [4.78, 5) is 2.15. The summed E-state index contributed by atoms with van der Waals surface area (Å²) < 4.78 is 0. The predicted molar refractivity (Wildman–Crippen MR) is 80.9 cm³/mol. The zero-order valence-electron chi connectivity index (χ0n) is 12.6. The van der Waals surface area contributed by atoms with Gasteiger partial charge in [-0.1, -0.05) is 44.2 Å². The molecular formula is C16H28N2O. The topological polar surface area (TPSA) is 49.5 Å². The van der Waals surface area contributed by atoms with E-state index in [-0.39, 0.29) is 6.04 Å². The zero-order chi connectivity index (χ0) is 14.5. The first-order chi connectivity index (χ1) is 8.83. The Morgan fingerprint density at radius 2 is 1.84 bits per heavy atom. The molecule has 0 heterocycles. The molecule has 0 radical (unpaired) electrons. The molecule has 108 valence electrons. The Hall–Kier alpha value is -0.900. The summed E-state index contributed by atoms with van der Waals surface area (Å²) in [5, 5.41) is 10.6. The van der Waals surface area contributed by atoms with E-state index in [1.54, 1.807) is 0 Å². The minimum absolute atomic E-state index is 0.226. The monoisotopic (exact) mass is 264 g/mol. The first-order valence-corrected chi connectivity index (χ1v) is 7.05. The Morgan fingerprint density at radius 3 is 2.37 bits per heavy atom. The molecule has 19 heavy (non-hydrogen) atoms. The predicted octanol–water partition coefficient (Wildman–Crippen LogP) is 2.20. The molecule has 3 heteroatoms. The molecule has 0 saturated carbocycles. The Morgan fingerprint density at radius 1 is 1.26 bits per heavy atom. The second-order valence-corrected chi connectivity index (χ2v) is 6.07. The van der Waals surface area contributed by atoms with Gasteiger partial charge in [0.25, 0.3) is 0 Å². The van der Waals surface area contributed by atoms with Gasteiger partial charge in [0, 0.05) is 12.6 Å². The summed E-state index contributed by atoms with van der Waals surface area (Å²) in [5.41, 5.74) is 6.18. The van der Waals surface area contributed by atoms with Crippen molar-refractivity contribution >= 4 is 0 Å². The average Bonchev–Trinajstić information content (AvgIpc) is 2.36. The van der Waals surface area contributed by atoms with Gasteiger partial charge in [-0.25, -0.2) is 0 Å². The molecule has 0 saturated heterocycles. The molecule has 1 aromatic rings. The largest absolute Gasteiger partial charge is 0.384 e. The summed E-state index contributed by atoms with van der Waals surface area (Å²) in [5.74, 6) is 0.503. The number of rotatable bonds is 7. The van der Waals surface area contributed by atoms with Crippen molar-refractivity contribution in [2.45, 2.75) is 38.8 Å². The van der Waals surface area contributed by atoms with E-state index in [0.29, 0.717) is 12.5 Å². The molecule has 0 aliphatic carbocycles. The highest BCUT2D eigenvalue weighted by Crippen LogP contribution is 2.21. The molecule has 0 aliphatic rings. The molecule has 2 atom stereocenters. The summed E-state index contributed by atoms with van der Waals surface area (Å²) in [6, 6.07) is 10.0. The molecule has 0 fully saturated rings. The van der Waals surface area contributed by atoms with Crippen LogP contribution in [0.1, 0.15) is 32.8 Å². The molecule has 2 unspecified atom stereocenters. The molecule has 1 aromatic carbocycles. The van der Waals surface area contributed by atoms with Gasteiger partial charge in [0.05, 0.1) is 5.60 Å². The van der Waals surface area contributed by atoms with E-state index in [9.17, 15) is 5.11 Å². The van der Waals surface area contributed by atoms with Crippen LogP contribution >= 0.6 is 0 Å². The van der Waals surface area contributed by atoms with E-state index in [2.05, 4.69) is 18.7 Å². The fourth-order valence-corrected chi connectivity index (χ4v) is 2.20. The van der Waals surface area contributed by atoms with Crippen LogP contribution in [0, 0.1) is 5.92 Å². The van der Waals surface area contributed by atoms with Crippen LogP contribution in [0.2, 0.25) is 0 Å². The van der Waals surface area contributed by atoms with Gasteiger partial charge in [0.15, 0.2) is 0 Å². The molecule has 0 spiro atoms. The first kappa shape index (κ1) is 16.2. The van der Waals surface area contributed by atoms with Gasteiger partial charge in [0.1, 0.15) is 0 Å². The van der Waals surface area contributed by atoms with Crippen molar-refractivity contribution in [3.05, 3.63) is 35.9 Å². The van der Waals surface area contributed by atoms with Crippen LogP contribution in [0.5, 0.6) is 0 Å². The number of nitrogens with two attached hydrogens (primary N) is 1. The Balaban J connectivity index is 2.49. The third-order valence-electron chi connectivity index (χ3n) is 3.67. The van der Waals surface area contributed by atoms with Gasteiger partial charge in [-0.05, 0) is 38.4 Å². The maximum Gasteiger partial charge on any atom is 0.0994 e.